The molecule has 0 aliphatic rings. The smallest absolute Gasteiger partial charge is 0.240 e. The third-order valence-electron chi connectivity index (χ3n) is 4.25. The van der Waals surface area contributed by atoms with Gasteiger partial charge in [0.2, 0.25) is 15.9 Å². The number of aryl methyl sites for hydroxylation is 1. The molecule has 1 heterocycles. The van der Waals surface area contributed by atoms with E-state index in [1.54, 1.807) is 12.1 Å². The zero-order chi connectivity index (χ0) is 19.3. The fourth-order valence-corrected chi connectivity index (χ4v) is 3.95. The monoisotopic (exact) mass is 385 g/mol. The Bertz CT molecular complexity index is 1020. The average Bonchev–Trinajstić information content (AvgIpc) is 3.08. The summed E-state index contributed by atoms with van der Waals surface area (Å²) in [7, 11) is -3.49. The number of nitrogens with one attached hydrogen (secondary N) is 2. The van der Waals surface area contributed by atoms with Gasteiger partial charge in [0, 0.05) is 36.9 Å². The average molecular weight is 385 g/mol. The van der Waals surface area contributed by atoms with E-state index in [-0.39, 0.29) is 10.8 Å². The number of fused-ring (bicyclic) bond motifs is 1. The van der Waals surface area contributed by atoms with Crippen molar-refractivity contribution < 1.29 is 13.2 Å². The second-order valence-corrected chi connectivity index (χ2v) is 8.06. The summed E-state index contributed by atoms with van der Waals surface area (Å²) in [5.41, 5.74) is 1.67. The summed E-state index contributed by atoms with van der Waals surface area (Å²) in [5, 5.41) is 3.95. The summed E-state index contributed by atoms with van der Waals surface area (Å²) in [6.07, 6.45) is 3.03. The van der Waals surface area contributed by atoms with E-state index in [2.05, 4.69) is 10.0 Å². The minimum Gasteiger partial charge on any atom is -0.347 e. The van der Waals surface area contributed by atoms with Crippen LogP contribution in [0.25, 0.3) is 10.9 Å². The summed E-state index contributed by atoms with van der Waals surface area (Å²) in [5.74, 6) is -0.118. The van der Waals surface area contributed by atoms with E-state index in [4.69, 9.17) is 0 Å². The maximum Gasteiger partial charge on any atom is 0.240 e. The molecule has 3 rings (SSSR count). The van der Waals surface area contributed by atoms with Crippen molar-refractivity contribution in [3.05, 3.63) is 60.8 Å². The fourth-order valence-electron chi connectivity index (χ4n) is 2.82. The number of sulfonamides is 1. The maximum absolute atomic E-state index is 12.2. The lowest BCUT2D eigenvalue weighted by molar-refractivity contribution is -0.116. The van der Waals surface area contributed by atoms with Crippen molar-refractivity contribution >= 4 is 32.5 Å². The van der Waals surface area contributed by atoms with Gasteiger partial charge < -0.3 is 9.88 Å². The lowest BCUT2D eigenvalue weighted by atomic mass is 10.2. The first-order valence-corrected chi connectivity index (χ1v) is 10.4. The van der Waals surface area contributed by atoms with E-state index in [1.807, 2.05) is 48.0 Å². The molecule has 1 amide bonds. The van der Waals surface area contributed by atoms with Gasteiger partial charge in [-0.15, -0.1) is 0 Å². The highest BCUT2D eigenvalue weighted by Gasteiger charge is 2.13. The number of benzene rings is 2. The van der Waals surface area contributed by atoms with Gasteiger partial charge in [0.15, 0.2) is 0 Å². The summed E-state index contributed by atoms with van der Waals surface area (Å²) in [6.45, 7) is 2.87. The number of nitrogens with zero attached hydrogens (tertiary/aromatic N) is 1. The molecule has 0 atom stereocenters. The second kappa shape index (κ2) is 8.37. The number of rotatable bonds is 8. The first-order chi connectivity index (χ1) is 13.0. The van der Waals surface area contributed by atoms with Gasteiger partial charge in [-0.3, -0.25) is 4.79 Å². The van der Waals surface area contributed by atoms with Crippen LogP contribution in [-0.2, 0) is 21.4 Å². The molecular formula is C20H23N3O3S. The quantitative estimate of drug-likeness (QED) is 0.624. The molecule has 0 bridgehead atoms. The highest BCUT2D eigenvalue weighted by molar-refractivity contribution is 7.89. The van der Waals surface area contributed by atoms with Crippen LogP contribution in [0, 0.1) is 0 Å². The molecule has 142 valence electrons. The Morgan fingerprint density at radius 3 is 2.52 bits per heavy atom. The molecule has 7 heteroatoms. The molecule has 1 aromatic heterocycles. The number of hydrogen-bond donors (Lipinski definition) is 2. The third-order valence-corrected chi connectivity index (χ3v) is 5.73. The lowest BCUT2D eigenvalue weighted by Crippen LogP contribution is -2.24. The molecule has 0 unspecified atom stereocenters. The number of carbonyl (C=O) groups excluding carboxylic acids is 1. The lowest BCUT2D eigenvalue weighted by Gasteiger charge is -2.09. The van der Waals surface area contributed by atoms with Crippen LogP contribution in [0.1, 0.15) is 19.8 Å². The van der Waals surface area contributed by atoms with Gasteiger partial charge in [0.25, 0.3) is 0 Å². The molecule has 27 heavy (non-hydrogen) atoms. The number of carbonyl (C=O) groups is 1. The minimum atomic E-state index is -3.49. The van der Waals surface area contributed by atoms with Gasteiger partial charge in [-0.1, -0.05) is 25.1 Å². The van der Waals surface area contributed by atoms with Gasteiger partial charge >= 0.3 is 0 Å². The molecule has 0 spiro atoms. The molecule has 0 fully saturated rings. The molecule has 3 aromatic rings. The van der Waals surface area contributed by atoms with Crippen molar-refractivity contribution in [2.24, 2.45) is 0 Å². The molecule has 0 aliphatic carbocycles. The van der Waals surface area contributed by atoms with E-state index < -0.39 is 10.0 Å². The van der Waals surface area contributed by atoms with Gasteiger partial charge in [0.1, 0.15) is 0 Å². The predicted octanol–water partition coefficient (Wildman–Crippen LogP) is 3.36. The predicted molar refractivity (Wildman–Crippen MR) is 107 cm³/mol. The van der Waals surface area contributed by atoms with Crippen LogP contribution < -0.4 is 10.0 Å². The first kappa shape index (κ1) is 19.1. The van der Waals surface area contributed by atoms with Crippen molar-refractivity contribution in [1.29, 1.82) is 0 Å². The summed E-state index contributed by atoms with van der Waals surface area (Å²) in [4.78, 5) is 12.4. The Labute approximate surface area is 159 Å². The Morgan fingerprint density at radius 1 is 1.04 bits per heavy atom. The van der Waals surface area contributed by atoms with Crippen LogP contribution in [-0.4, -0.2) is 25.4 Å². The van der Waals surface area contributed by atoms with Crippen molar-refractivity contribution in [3.8, 4) is 0 Å². The van der Waals surface area contributed by atoms with Crippen molar-refractivity contribution in [1.82, 2.24) is 9.29 Å². The van der Waals surface area contributed by atoms with Gasteiger partial charge in [0.05, 0.1) is 4.90 Å². The highest BCUT2D eigenvalue weighted by atomic mass is 32.2. The van der Waals surface area contributed by atoms with Gasteiger partial charge in [-0.2, -0.15) is 0 Å². The number of hydrogen-bond acceptors (Lipinski definition) is 3. The van der Waals surface area contributed by atoms with Crippen LogP contribution >= 0.6 is 0 Å². The van der Waals surface area contributed by atoms with Crippen molar-refractivity contribution in [2.75, 3.05) is 11.9 Å². The van der Waals surface area contributed by atoms with E-state index >= 15 is 0 Å². The molecule has 2 aromatic carbocycles. The van der Waals surface area contributed by atoms with Crippen LogP contribution in [0.4, 0.5) is 5.69 Å². The topological polar surface area (TPSA) is 80.2 Å². The van der Waals surface area contributed by atoms with Gasteiger partial charge in [-0.25, -0.2) is 13.1 Å². The van der Waals surface area contributed by atoms with Crippen LogP contribution in [0.15, 0.2) is 65.7 Å². The number of aromatic nitrogens is 1. The Kier molecular flexibility index (Phi) is 5.93. The molecule has 0 aliphatic heterocycles. The fraction of sp³-hybridized carbons (Fsp3) is 0.250. The number of para-hydroxylation sites is 1. The van der Waals surface area contributed by atoms with Crippen LogP contribution in [0.3, 0.4) is 0 Å². The molecule has 2 N–H and O–H groups in total. The van der Waals surface area contributed by atoms with E-state index in [1.165, 1.54) is 12.1 Å². The third kappa shape index (κ3) is 4.75. The Hall–Kier alpha value is -2.64. The minimum absolute atomic E-state index is 0.118. The van der Waals surface area contributed by atoms with E-state index in [0.29, 0.717) is 25.2 Å². The summed E-state index contributed by atoms with van der Waals surface area (Å²) < 4.78 is 28.7. The largest absolute Gasteiger partial charge is 0.347 e. The zero-order valence-electron chi connectivity index (χ0n) is 15.2. The molecule has 0 radical (unpaired) electrons. The number of anilines is 1. The summed E-state index contributed by atoms with van der Waals surface area (Å²) in [6, 6.07) is 16.2. The van der Waals surface area contributed by atoms with Crippen molar-refractivity contribution in [2.45, 2.75) is 31.2 Å². The molecule has 0 saturated heterocycles. The Balaban J connectivity index is 1.58. The molecule has 6 nitrogen and oxygen atoms in total. The normalized spacial score (nSPS) is 11.6. The molecule has 0 saturated carbocycles. The Morgan fingerprint density at radius 2 is 1.78 bits per heavy atom. The molecular weight excluding hydrogens is 362 g/mol. The number of amides is 1. The van der Waals surface area contributed by atoms with E-state index in [9.17, 15) is 13.2 Å². The van der Waals surface area contributed by atoms with Crippen molar-refractivity contribution in [3.63, 3.8) is 0 Å². The maximum atomic E-state index is 12.2. The second-order valence-electron chi connectivity index (χ2n) is 6.29. The zero-order valence-corrected chi connectivity index (χ0v) is 16.0. The summed E-state index contributed by atoms with van der Waals surface area (Å²) >= 11 is 0. The first-order valence-electron chi connectivity index (χ1n) is 8.93. The van der Waals surface area contributed by atoms with Crippen LogP contribution in [0.5, 0.6) is 0 Å². The SMILES string of the molecule is CCCNS(=O)(=O)c1ccc(NC(=O)CCn2ccc3ccccc32)cc1. The van der Waals surface area contributed by atoms with E-state index in [0.717, 1.165) is 17.3 Å². The van der Waals surface area contributed by atoms with Crippen LogP contribution in [0.2, 0.25) is 0 Å². The highest BCUT2D eigenvalue weighted by Crippen LogP contribution is 2.17. The van der Waals surface area contributed by atoms with Gasteiger partial charge in [-0.05, 0) is 48.2 Å². The standard InChI is InChI=1S/C20H23N3O3S/c1-2-13-21-27(25,26)18-9-7-17(8-10-18)22-20(24)12-15-23-14-11-16-5-3-4-6-19(16)23/h3-11,14,21H,2,12-13,15H2,1H3,(H,22,24).